The molecule has 0 aliphatic heterocycles. The van der Waals surface area contributed by atoms with Gasteiger partial charge in [0.2, 0.25) is 11.8 Å². The van der Waals surface area contributed by atoms with Crippen molar-refractivity contribution in [3.05, 3.63) is 71.1 Å². The van der Waals surface area contributed by atoms with Gasteiger partial charge in [0, 0.05) is 12.1 Å². The predicted octanol–water partition coefficient (Wildman–Crippen LogP) is 5.02. The van der Waals surface area contributed by atoms with E-state index < -0.39 is 0 Å². The Morgan fingerprint density at radius 3 is 2.68 bits per heavy atom. The third-order valence-corrected chi connectivity index (χ3v) is 5.45. The highest BCUT2D eigenvalue weighted by Crippen LogP contribution is 2.24. The molecule has 1 atom stereocenters. The van der Waals surface area contributed by atoms with Crippen LogP contribution in [0.4, 0.5) is 5.69 Å². The number of rotatable bonds is 8. The quantitative estimate of drug-likeness (QED) is 0.543. The Morgan fingerprint density at radius 1 is 1.14 bits per heavy atom. The maximum absolute atomic E-state index is 12.4. The van der Waals surface area contributed by atoms with Crippen LogP contribution >= 0.6 is 11.8 Å². The van der Waals surface area contributed by atoms with Crippen molar-refractivity contribution in [2.75, 3.05) is 11.1 Å². The maximum Gasteiger partial charge on any atom is 0.277 e. The summed E-state index contributed by atoms with van der Waals surface area (Å²) >= 11 is 1.26. The number of carbonyl (C=O) groups excluding carboxylic acids is 1. The highest BCUT2D eigenvalue weighted by atomic mass is 32.2. The summed E-state index contributed by atoms with van der Waals surface area (Å²) in [5, 5.41) is 11.6. The number of aromatic nitrogens is 2. The van der Waals surface area contributed by atoms with Gasteiger partial charge in [-0.15, -0.1) is 10.2 Å². The van der Waals surface area contributed by atoms with Gasteiger partial charge in [0.15, 0.2) is 0 Å². The molecular weight excluding hydrogens is 370 g/mol. The van der Waals surface area contributed by atoms with Gasteiger partial charge in [-0.05, 0) is 36.0 Å². The van der Waals surface area contributed by atoms with Crippen LogP contribution in [0.15, 0.2) is 58.2 Å². The van der Waals surface area contributed by atoms with Gasteiger partial charge in [0.25, 0.3) is 5.22 Å². The van der Waals surface area contributed by atoms with E-state index in [1.165, 1.54) is 17.3 Å². The Balaban J connectivity index is 1.54. The Labute approximate surface area is 170 Å². The molecule has 1 amide bonds. The molecule has 0 bridgehead atoms. The summed E-state index contributed by atoms with van der Waals surface area (Å²) in [5.41, 5.74) is 4.33. The van der Waals surface area contributed by atoms with E-state index in [0.29, 0.717) is 17.5 Å². The molecule has 6 heteroatoms. The van der Waals surface area contributed by atoms with E-state index in [0.717, 1.165) is 23.2 Å². The molecule has 0 aliphatic carbocycles. The first-order chi connectivity index (χ1) is 13.6. The van der Waals surface area contributed by atoms with Crippen LogP contribution in [0.2, 0.25) is 0 Å². The normalized spacial score (nSPS) is 12.0. The Morgan fingerprint density at radius 2 is 1.93 bits per heavy atom. The monoisotopic (exact) mass is 395 g/mol. The summed E-state index contributed by atoms with van der Waals surface area (Å²) in [6.07, 6.45) is 1.55. The standard InChI is InChI=1S/C22H25N3O2S/c1-4-17-12-8-9-15(2)21(17)23-19(26)14-28-22-25-24-20(27-22)13-16(3)18-10-6-5-7-11-18/h5-12,16H,4,13-14H2,1-3H3,(H,23,26). The fourth-order valence-electron chi connectivity index (χ4n) is 3.05. The second-order valence-electron chi connectivity index (χ2n) is 6.78. The molecule has 0 saturated carbocycles. The summed E-state index contributed by atoms with van der Waals surface area (Å²) in [5.74, 6) is 1.03. The molecule has 1 N–H and O–H groups in total. The number of hydrogen-bond acceptors (Lipinski definition) is 5. The molecule has 28 heavy (non-hydrogen) atoms. The van der Waals surface area contributed by atoms with Gasteiger partial charge in [-0.2, -0.15) is 0 Å². The van der Waals surface area contributed by atoms with E-state index in [-0.39, 0.29) is 17.6 Å². The van der Waals surface area contributed by atoms with Gasteiger partial charge in [0.05, 0.1) is 5.75 Å². The van der Waals surface area contributed by atoms with Crippen LogP contribution < -0.4 is 5.32 Å². The van der Waals surface area contributed by atoms with Crippen molar-refractivity contribution in [3.63, 3.8) is 0 Å². The van der Waals surface area contributed by atoms with Crippen molar-refractivity contribution >= 4 is 23.4 Å². The van der Waals surface area contributed by atoms with Crippen molar-refractivity contribution < 1.29 is 9.21 Å². The summed E-state index contributed by atoms with van der Waals surface area (Å²) in [7, 11) is 0. The van der Waals surface area contributed by atoms with Gasteiger partial charge in [0.1, 0.15) is 0 Å². The van der Waals surface area contributed by atoms with E-state index in [1.807, 2.05) is 43.3 Å². The van der Waals surface area contributed by atoms with Crippen molar-refractivity contribution in [2.45, 2.75) is 44.8 Å². The summed E-state index contributed by atoms with van der Waals surface area (Å²) in [6.45, 7) is 6.21. The zero-order chi connectivity index (χ0) is 19.9. The van der Waals surface area contributed by atoms with Gasteiger partial charge >= 0.3 is 0 Å². The van der Waals surface area contributed by atoms with E-state index >= 15 is 0 Å². The van der Waals surface area contributed by atoms with Crippen LogP contribution in [0, 0.1) is 6.92 Å². The molecule has 0 saturated heterocycles. The number of anilines is 1. The molecule has 0 aliphatic rings. The highest BCUT2D eigenvalue weighted by Gasteiger charge is 2.14. The van der Waals surface area contributed by atoms with Crippen LogP contribution in [0.1, 0.15) is 42.3 Å². The molecule has 0 fully saturated rings. The zero-order valence-corrected chi connectivity index (χ0v) is 17.3. The minimum absolute atomic E-state index is 0.0774. The Kier molecular flexibility index (Phi) is 6.87. The number of nitrogens with one attached hydrogen (secondary N) is 1. The average molecular weight is 396 g/mol. The smallest absolute Gasteiger partial charge is 0.277 e. The van der Waals surface area contributed by atoms with Gasteiger partial charge in [-0.25, -0.2) is 0 Å². The lowest BCUT2D eigenvalue weighted by molar-refractivity contribution is -0.113. The van der Waals surface area contributed by atoms with Gasteiger partial charge in [-0.1, -0.05) is 74.1 Å². The first-order valence-corrected chi connectivity index (χ1v) is 10.4. The molecule has 1 heterocycles. The molecule has 5 nitrogen and oxygen atoms in total. The van der Waals surface area contributed by atoms with E-state index in [1.54, 1.807) is 0 Å². The van der Waals surface area contributed by atoms with E-state index in [9.17, 15) is 4.79 Å². The molecule has 2 aromatic carbocycles. The number of thioether (sulfide) groups is 1. The summed E-state index contributed by atoms with van der Waals surface area (Å²) in [6, 6.07) is 16.3. The number of nitrogens with zero attached hydrogens (tertiary/aromatic N) is 2. The van der Waals surface area contributed by atoms with Gasteiger partial charge < -0.3 is 9.73 Å². The number of carbonyl (C=O) groups is 1. The SMILES string of the molecule is CCc1cccc(C)c1NC(=O)CSc1nnc(CC(C)c2ccccc2)o1. The lowest BCUT2D eigenvalue weighted by Gasteiger charge is -2.12. The van der Waals surface area contributed by atoms with Crippen molar-refractivity contribution in [1.29, 1.82) is 0 Å². The Bertz CT molecular complexity index is 925. The van der Waals surface area contributed by atoms with E-state index in [2.05, 4.69) is 41.5 Å². The third kappa shape index (κ3) is 5.23. The van der Waals surface area contributed by atoms with Crippen LogP contribution in [0.3, 0.4) is 0 Å². The fourth-order valence-corrected chi connectivity index (χ4v) is 3.63. The number of aryl methyl sites for hydroxylation is 2. The molecule has 3 aromatic rings. The van der Waals surface area contributed by atoms with Crippen LogP contribution in [0.5, 0.6) is 0 Å². The highest BCUT2D eigenvalue weighted by molar-refractivity contribution is 7.99. The molecule has 146 valence electrons. The number of amides is 1. The molecule has 0 spiro atoms. The van der Waals surface area contributed by atoms with Crippen LogP contribution in [-0.2, 0) is 17.6 Å². The second-order valence-corrected chi connectivity index (χ2v) is 7.70. The lowest BCUT2D eigenvalue weighted by Crippen LogP contribution is -2.16. The summed E-state index contributed by atoms with van der Waals surface area (Å²) in [4.78, 5) is 12.4. The first kappa shape index (κ1) is 20.1. The first-order valence-electron chi connectivity index (χ1n) is 9.45. The largest absolute Gasteiger partial charge is 0.416 e. The average Bonchev–Trinajstić information content (AvgIpc) is 3.16. The lowest BCUT2D eigenvalue weighted by atomic mass is 9.98. The fraction of sp³-hybridized carbons (Fsp3) is 0.318. The number of benzene rings is 2. The molecule has 3 rings (SSSR count). The van der Waals surface area contributed by atoms with E-state index in [4.69, 9.17) is 4.42 Å². The molecular formula is C22H25N3O2S. The van der Waals surface area contributed by atoms with Gasteiger partial charge in [-0.3, -0.25) is 4.79 Å². The maximum atomic E-state index is 12.4. The molecule has 0 radical (unpaired) electrons. The van der Waals surface area contributed by atoms with Crippen LogP contribution in [-0.4, -0.2) is 21.9 Å². The zero-order valence-electron chi connectivity index (χ0n) is 16.4. The predicted molar refractivity (Wildman–Crippen MR) is 113 cm³/mol. The minimum atomic E-state index is -0.0774. The second kappa shape index (κ2) is 9.55. The number of para-hydroxylation sites is 1. The minimum Gasteiger partial charge on any atom is -0.416 e. The van der Waals surface area contributed by atoms with Crippen molar-refractivity contribution in [2.24, 2.45) is 0 Å². The third-order valence-electron chi connectivity index (χ3n) is 4.63. The molecule has 1 unspecified atom stereocenters. The van der Waals surface area contributed by atoms with Crippen molar-refractivity contribution in [3.8, 4) is 0 Å². The molecule has 1 aromatic heterocycles. The number of hydrogen-bond donors (Lipinski definition) is 1. The van der Waals surface area contributed by atoms with Crippen molar-refractivity contribution in [1.82, 2.24) is 10.2 Å². The Hall–Kier alpha value is -2.60. The summed E-state index contributed by atoms with van der Waals surface area (Å²) < 4.78 is 5.71. The topological polar surface area (TPSA) is 68.0 Å². The van der Waals surface area contributed by atoms with Crippen LogP contribution in [0.25, 0.3) is 0 Å².